The Morgan fingerprint density at radius 2 is 1.68 bits per heavy atom. The summed E-state index contributed by atoms with van der Waals surface area (Å²) in [6.45, 7) is 0. The third-order valence-corrected chi connectivity index (χ3v) is 3.67. The predicted octanol–water partition coefficient (Wildman–Crippen LogP) is 2.63. The molecule has 0 fully saturated rings. The maximum Gasteiger partial charge on any atom is 0.256 e. The highest BCUT2D eigenvalue weighted by Gasteiger charge is 2.20. The molecule has 0 aliphatic carbocycles. The SMILES string of the molecule is Nc1c(C(=O)c2ccc(F)cc2F)ccc(=O)n1-c1ccccc1O. The number of para-hydroxylation sites is 2. The molecule has 0 aliphatic heterocycles. The fourth-order valence-electron chi connectivity index (χ4n) is 2.47. The third kappa shape index (κ3) is 2.87. The van der Waals surface area contributed by atoms with Crippen molar-refractivity contribution < 1.29 is 18.7 Å². The zero-order chi connectivity index (χ0) is 18.1. The second kappa shape index (κ2) is 6.20. The summed E-state index contributed by atoms with van der Waals surface area (Å²) in [5, 5.41) is 9.93. The smallest absolute Gasteiger partial charge is 0.256 e. The van der Waals surface area contributed by atoms with Crippen molar-refractivity contribution in [1.29, 1.82) is 0 Å². The van der Waals surface area contributed by atoms with Gasteiger partial charge in [0.2, 0.25) is 0 Å². The quantitative estimate of drug-likeness (QED) is 0.717. The van der Waals surface area contributed by atoms with E-state index >= 15 is 0 Å². The van der Waals surface area contributed by atoms with Crippen LogP contribution in [0.15, 0.2) is 59.4 Å². The molecule has 0 saturated heterocycles. The molecule has 2 aromatic carbocycles. The van der Waals surface area contributed by atoms with E-state index in [1.807, 2.05) is 0 Å². The number of aromatic hydroxyl groups is 1. The van der Waals surface area contributed by atoms with Gasteiger partial charge in [0.25, 0.3) is 5.56 Å². The highest BCUT2D eigenvalue weighted by molar-refractivity contribution is 6.11. The van der Waals surface area contributed by atoms with Gasteiger partial charge in [-0.2, -0.15) is 0 Å². The van der Waals surface area contributed by atoms with Crippen LogP contribution in [0.5, 0.6) is 5.75 Å². The maximum atomic E-state index is 13.9. The van der Waals surface area contributed by atoms with Crippen LogP contribution in [0.2, 0.25) is 0 Å². The average Bonchev–Trinajstić information content (AvgIpc) is 2.56. The van der Waals surface area contributed by atoms with Gasteiger partial charge in [-0.3, -0.25) is 14.2 Å². The topological polar surface area (TPSA) is 85.3 Å². The van der Waals surface area contributed by atoms with Crippen molar-refractivity contribution in [3.05, 3.63) is 87.7 Å². The number of nitrogen functional groups attached to an aromatic ring is 1. The lowest BCUT2D eigenvalue weighted by Gasteiger charge is -2.14. The fourth-order valence-corrected chi connectivity index (χ4v) is 2.47. The summed E-state index contributed by atoms with van der Waals surface area (Å²) in [6, 6.07) is 10.7. The number of carbonyl (C=O) groups excluding carboxylic acids is 1. The van der Waals surface area contributed by atoms with Gasteiger partial charge in [0.15, 0.2) is 5.78 Å². The van der Waals surface area contributed by atoms with Gasteiger partial charge in [-0.1, -0.05) is 12.1 Å². The van der Waals surface area contributed by atoms with Crippen LogP contribution in [0.1, 0.15) is 15.9 Å². The van der Waals surface area contributed by atoms with Crippen LogP contribution in [-0.4, -0.2) is 15.5 Å². The summed E-state index contributed by atoms with van der Waals surface area (Å²) in [5.41, 5.74) is 4.92. The summed E-state index contributed by atoms with van der Waals surface area (Å²) >= 11 is 0. The molecule has 126 valence electrons. The van der Waals surface area contributed by atoms with E-state index in [0.717, 1.165) is 22.8 Å². The maximum absolute atomic E-state index is 13.9. The number of carbonyl (C=O) groups is 1. The lowest BCUT2D eigenvalue weighted by atomic mass is 10.0. The summed E-state index contributed by atoms with van der Waals surface area (Å²) in [7, 11) is 0. The Bertz CT molecular complexity index is 1040. The van der Waals surface area contributed by atoms with Gasteiger partial charge in [-0.05, 0) is 30.3 Å². The van der Waals surface area contributed by atoms with Gasteiger partial charge in [0, 0.05) is 12.1 Å². The van der Waals surface area contributed by atoms with Crippen molar-refractivity contribution in [1.82, 2.24) is 4.57 Å². The number of benzene rings is 2. The summed E-state index contributed by atoms with van der Waals surface area (Å²) in [4.78, 5) is 24.7. The lowest BCUT2D eigenvalue weighted by Crippen LogP contribution is -2.23. The van der Waals surface area contributed by atoms with Crippen molar-refractivity contribution in [3.8, 4) is 11.4 Å². The van der Waals surface area contributed by atoms with Crippen LogP contribution in [-0.2, 0) is 0 Å². The molecule has 3 aromatic rings. The van der Waals surface area contributed by atoms with Crippen molar-refractivity contribution in [3.63, 3.8) is 0 Å². The standard InChI is InChI=1S/C18H12F2N2O3/c19-10-5-6-11(13(20)9-10)17(25)12-7-8-16(24)22(18(12)21)14-3-1-2-4-15(14)23/h1-9,23H,21H2. The fraction of sp³-hybridized carbons (Fsp3) is 0. The number of anilines is 1. The van der Waals surface area contributed by atoms with Crippen molar-refractivity contribution in [2.75, 3.05) is 5.73 Å². The zero-order valence-corrected chi connectivity index (χ0v) is 12.7. The number of halogens is 2. The van der Waals surface area contributed by atoms with Crippen LogP contribution in [0.25, 0.3) is 5.69 Å². The Labute approximate surface area is 140 Å². The highest BCUT2D eigenvalue weighted by atomic mass is 19.1. The molecule has 1 heterocycles. The molecular weight excluding hydrogens is 330 g/mol. The van der Waals surface area contributed by atoms with Gasteiger partial charge in [0.05, 0.1) is 16.8 Å². The largest absolute Gasteiger partial charge is 0.506 e. The number of hydrogen-bond acceptors (Lipinski definition) is 4. The summed E-state index contributed by atoms with van der Waals surface area (Å²) in [6.07, 6.45) is 0. The molecule has 0 saturated carbocycles. The number of aromatic nitrogens is 1. The van der Waals surface area contributed by atoms with Gasteiger partial charge in [-0.25, -0.2) is 8.78 Å². The molecule has 0 amide bonds. The van der Waals surface area contributed by atoms with E-state index in [1.165, 1.54) is 18.2 Å². The molecule has 25 heavy (non-hydrogen) atoms. The number of pyridine rings is 1. The van der Waals surface area contributed by atoms with Crippen molar-refractivity contribution in [2.24, 2.45) is 0 Å². The predicted molar refractivity (Wildman–Crippen MR) is 87.9 cm³/mol. The minimum atomic E-state index is -1.04. The van der Waals surface area contributed by atoms with E-state index in [4.69, 9.17) is 5.73 Å². The Kier molecular flexibility index (Phi) is 4.06. The van der Waals surface area contributed by atoms with Crippen LogP contribution in [0.3, 0.4) is 0 Å². The normalized spacial score (nSPS) is 10.6. The second-order valence-corrected chi connectivity index (χ2v) is 5.25. The molecule has 5 nitrogen and oxygen atoms in total. The molecule has 1 aromatic heterocycles. The second-order valence-electron chi connectivity index (χ2n) is 5.25. The van der Waals surface area contributed by atoms with Gasteiger partial charge in [-0.15, -0.1) is 0 Å². The Balaban J connectivity index is 2.19. The van der Waals surface area contributed by atoms with E-state index < -0.39 is 23.0 Å². The van der Waals surface area contributed by atoms with Crippen LogP contribution < -0.4 is 11.3 Å². The molecule has 0 aliphatic rings. The van der Waals surface area contributed by atoms with E-state index in [-0.39, 0.29) is 28.4 Å². The van der Waals surface area contributed by atoms with E-state index in [1.54, 1.807) is 12.1 Å². The first-order valence-corrected chi connectivity index (χ1v) is 7.20. The molecule has 3 N–H and O–H groups in total. The van der Waals surface area contributed by atoms with Gasteiger partial charge in [0.1, 0.15) is 23.2 Å². The number of nitrogens with two attached hydrogens (primary N) is 1. The lowest BCUT2D eigenvalue weighted by molar-refractivity contribution is 0.103. The zero-order valence-electron chi connectivity index (χ0n) is 12.7. The van der Waals surface area contributed by atoms with E-state index in [0.29, 0.717) is 6.07 Å². The molecule has 0 radical (unpaired) electrons. The molecule has 3 rings (SSSR count). The monoisotopic (exact) mass is 342 g/mol. The first kappa shape index (κ1) is 16.4. The van der Waals surface area contributed by atoms with Gasteiger partial charge < -0.3 is 10.8 Å². The third-order valence-electron chi connectivity index (χ3n) is 3.67. The Morgan fingerprint density at radius 1 is 1.00 bits per heavy atom. The molecular formula is C18H12F2N2O3. The minimum absolute atomic E-state index is 0.0826. The first-order chi connectivity index (χ1) is 11.9. The molecule has 0 atom stereocenters. The Morgan fingerprint density at radius 3 is 2.36 bits per heavy atom. The first-order valence-electron chi connectivity index (χ1n) is 7.20. The minimum Gasteiger partial charge on any atom is -0.506 e. The summed E-state index contributed by atoms with van der Waals surface area (Å²) < 4.78 is 27.8. The number of ketones is 1. The van der Waals surface area contributed by atoms with Crippen molar-refractivity contribution in [2.45, 2.75) is 0 Å². The van der Waals surface area contributed by atoms with Crippen LogP contribution in [0, 0.1) is 11.6 Å². The highest BCUT2D eigenvalue weighted by Crippen LogP contribution is 2.25. The van der Waals surface area contributed by atoms with Crippen LogP contribution >= 0.6 is 0 Å². The number of phenols is 1. The van der Waals surface area contributed by atoms with E-state index in [2.05, 4.69) is 0 Å². The van der Waals surface area contributed by atoms with Crippen molar-refractivity contribution >= 4 is 11.6 Å². The molecule has 0 unspecified atom stereocenters. The summed E-state index contributed by atoms with van der Waals surface area (Å²) in [5.74, 6) is -3.14. The number of nitrogens with zero attached hydrogens (tertiary/aromatic N) is 1. The number of phenolic OH excluding ortho intramolecular Hbond substituents is 1. The molecule has 0 spiro atoms. The average molecular weight is 342 g/mol. The van der Waals surface area contributed by atoms with Gasteiger partial charge >= 0.3 is 0 Å². The molecule has 7 heteroatoms. The van der Waals surface area contributed by atoms with Crippen LogP contribution in [0.4, 0.5) is 14.6 Å². The van der Waals surface area contributed by atoms with E-state index in [9.17, 15) is 23.5 Å². The molecule has 0 bridgehead atoms. The Hall–Kier alpha value is -3.48. The number of hydrogen-bond donors (Lipinski definition) is 2. The number of rotatable bonds is 3.